The Morgan fingerprint density at radius 3 is 3.25 bits per heavy atom. The molecule has 0 amide bonds. The number of nitrogen functional groups attached to an aromatic ring is 1. The molecule has 1 fully saturated rings. The second-order valence-electron chi connectivity index (χ2n) is 2.96. The van der Waals surface area contributed by atoms with Crippen molar-refractivity contribution in [2.75, 3.05) is 12.3 Å². The highest BCUT2D eigenvalue weighted by atomic mass is 16.5. The first-order valence-electron chi connectivity index (χ1n) is 4.11. The minimum absolute atomic E-state index is 0.297. The highest BCUT2D eigenvalue weighted by Gasteiger charge is 2.16. The molecule has 0 bridgehead atoms. The molecule has 2 heterocycles. The van der Waals surface area contributed by atoms with E-state index in [1.807, 2.05) is 0 Å². The molecule has 1 atom stereocenters. The van der Waals surface area contributed by atoms with Gasteiger partial charge in [0.15, 0.2) is 0 Å². The lowest BCUT2D eigenvalue weighted by molar-refractivity contribution is 0.0940. The first kappa shape index (κ1) is 7.54. The molecule has 0 radical (unpaired) electrons. The summed E-state index contributed by atoms with van der Waals surface area (Å²) in [6.45, 7) is 1.64. The SMILES string of the molecule is Nc1ncn(C[C@@H]2CCCO2)n1. The summed E-state index contributed by atoms with van der Waals surface area (Å²) < 4.78 is 7.16. The Labute approximate surface area is 70.5 Å². The van der Waals surface area contributed by atoms with Crippen molar-refractivity contribution < 1.29 is 4.74 Å². The van der Waals surface area contributed by atoms with Gasteiger partial charge in [-0.05, 0) is 12.8 Å². The van der Waals surface area contributed by atoms with Crippen molar-refractivity contribution in [3.05, 3.63) is 6.33 Å². The van der Waals surface area contributed by atoms with E-state index in [0.29, 0.717) is 12.1 Å². The molecule has 0 saturated carbocycles. The molecule has 12 heavy (non-hydrogen) atoms. The molecular formula is C7H12N4O. The number of nitrogens with two attached hydrogens (primary N) is 1. The fourth-order valence-electron chi connectivity index (χ4n) is 1.39. The fraction of sp³-hybridized carbons (Fsp3) is 0.714. The number of nitrogens with zero attached hydrogens (tertiary/aromatic N) is 3. The summed E-state index contributed by atoms with van der Waals surface area (Å²) in [5, 5.41) is 3.98. The van der Waals surface area contributed by atoms with E-state index in [1.165, 1.54) is 0 Å². The highest BCUT2D eigenvalue weighted by molar-refractivity contribution is 5.09. The Bertz CT molecular complexity index is 254. The van der Waals surface area contributed by atoms with E-state index < -0.39 is 0 Å². The minimum Gasteiger partial charge on any atom is -0.376 e. The van der Waals surface area contributed by atoms with E-state index in [1.54, 1.807) is 11.0 Å². The van der Waals surface area contributed by atoms with Crippen LogP contribution >= 0.6 is 0 Å². The Morgan fingerprint density at radius 1 is 1.75 bits per heavy atom. The lowest BCUT2D eigenvalue weighted by Crippen LogP contribution is -2.15. The lowest BCUT2D eigenvalue weighted by Gasteiger charge is -2.07. The van der Waals surface area contributed by atoms with Gasteiger partial charge in [-0.25, -0.2) is 9.67 Å². The molecule has 0 aliphatic carbocycles. The van der Waals surface area contributed by atoms with Crippen LogP contribution in [0, 0.1) is 0 Å². The first-order chi connectivity index (χ1) is 5.84. The highest BCUT2D eigenvalue weighted by Crippen LogP contribution is 2.13. The standard InChI is InChI=1S/C7H12N4O/c8-7-9-5-11(10-7)4-6-2-1-3-12-6/h5-6H,1-4H2,(H2,8,10)/t6-/m0/s1. The molecule has 0 unspecified atom stereocenters. The van der Waals surface area contributed by atoms with Crippen molar-refractivity contribution in [3.8, 4) is 0 Å². The Morgan fingerprint density at radius 2 is 2.67 bits per heavy atom. The minimum atomic E-state index is 0.297. The van der Waals surface area contributed by atoms with E-state index in [-0.39, 0.29) is 0 Å². The van der Waals surface area contributed by atoms with Crippen LogP contribution < -0.4 is 5.73 Å². The van der Waals surface area contributed by atoms with Gasteiger partial charge in [-0.3, -0.25) is 0 Å². The third-order valence-electron chi connectivity index (χ3n) is 1.97. The van der Waals surface area contributed by atoms with Crippen LogP contribution in [-0.2, 0) is 11.3 Å². The van der Waals surface area contributed by atoms with Gasteiger partial charge >= 0.3 is 0 Å². The smallest absolute Gasteiger partial charge is 0.239 e. The van der Waals surface area contributed by atoms with Crippen LogP contribution in [0.2, 0.25) is 0 Å². The molecule has 5 heteroatoms. The van der Waals surface area contributed by atoms with Crippen LogP contribution in [0.15, 0.2) is 6.33 Å². The van der Waals surface area contributed by atoms with E-state index in [4.69, 9.17) is 10.5 Å². The number of rotatable bonds is 2. The van der Waals surface area contributed by atoms with Gasteiger partial charge in [0.2, 0.25) is 5.95 Å². The van der Waals surface area contributed by atoms with Crippen molar-refractivity contribution in [1.29, 1.82) is 0 Å². The number of hydrogen-bond acceptors (Lipinski definition) is 4. The molecule has 1 aromatic heterocycles. The van der Waals surface area contributed by atoms with Crippen molar-refractivity contribution in [2.45, 2.75) is 25.5 Å². The van der Waals surface area contributed by atoms with E-state index in [2.05, 4.69) is 10.1 Å². The van der Waals surface area contributed by atoms with Crippen molar-refractivity contribution in [1.82, 2.24) is 14.8 Å². The molecule has 0 spiro atoms. The second-order valence-corrected chi connectivity index (χ2v) is 2.96. The van der Waals surface area contributed by atoms with Crippen LogP contribution in [0.3, 0.4) is 0 Å². The quantitative estimate of drug-likeness (QED) is 0.677. The summed E-state index contributed by atoms with van der Waals surface area (Å²) in [4.78, 5) is 3.83. The maximum absolute atomic E-state index is 5.44. The molecule has 0 aromatic carbocycles. The third kappa shape index (κ3) is 1.55. The Balaban J connectivity index is 1.94. The summed E-state index contributed by atoms with van der Waals surface area (Å²) in [5.41, 5.74) is 5.37. The normalized spacial score (nSPS) is 23.2. The summed E-state index contributed by atoms with van der Waals surface area (Å²) in [6, 6.07) is 0. The van der Waals surface area contributed by atoms with Crippen molar-refractivity contribution in [2.24, 2.45) is 0 Å². The van der Waals surface area contributed by atoms with Crippen LogP contribution in [0.5, 0.6) is 0 Å². The lowest BCUT2D eigenvalue weighted by atomic mass is 10.2. The van der Waals surface area contributed by atoms with Crippen molar-refractivity contribution >= 4 is 5.95 Å². The van der Waals surface area contributed by atoms with Crippen molar-refractivity contribution in [3.63, 3.8) is 0 Å². The average Bonchev–Trinajstić information content (AvgIpc) is 2.63. The van der Waals surface area contributed by atoms with Gasteiger partial charge in [-0.2, -0.15) is 0 Å². The van der Waals surface area contributed by atoms with Crippen LogP contribution in [0.25, 0.3) is 0 Å². The molecule has 1 aromatic rings. The molecular weight excluding hydrogens is 156 g/mol. The van der Waals surface area contributed by atoms with Gasteiger partial charge in [0.05, 0.1) is 12.6 Å². The van der Waals surface area contributed by atoms with Gasteiger partial charge in [0, 0.05) is 6.61 Å². The average molecular weight is 168 g/mol. The third-order valence-corrected chi connectivity index (χ3v) is 1.97. The molecule has 1 aliphatic rings. The van der Waals surface area contributed by atoms with Crippen LogP contribution in [-0.4, -0.2) is 27.5 Å². The molecule has 2 rings (SSSR count). The monoisotopic (exact) mass is 168 g/mol. The molecule has 5 nitrogen and oxygen atoms in total. The Hall–Kier alpha value is -1.10. The van der Waals surface area contributed by atoms with Gasteiger partial charge < -0.3 is 10.5 Å². The van der Waals surface area contributed by atoms with Crippen LogP contribution in [0.1, 0.15) is 12.8 Å². The van der Waals surface area contributed by atoms with Gasteiger partial charge in [0.1, 0.15) is 6.33 Å². The Kier molecular flexibility index (Phi) is 1.95. The summed E-state index contributed by atoms with van der Waals surface area (Å²) in [5.74, 6) is 0.327. The zero-order valence-electron chi connectivity index (χ0n) is 6.81. The summed E-state index contributed by atoms with van der Waals surface area (Å²) in [6.07, 6.45) is 4.19. The number of anilines is 1. The zero-order chi connectivity index (χ0) is 8.39. The maximum Gasteiger partial charge on any atom is 0.239 e. The maximum atomic E-state index is 5.44. The second kappa shape index (κ2) is 3.10. The number of ether oxygens (including phenoxy) is 1. The molecule has 1 aliphatic heterocycles. The largest absolute Gasteiger partial charge is 0.376 e. The van der Waals surface area contributed by atoms with Gasteiger partial charge in [0.25, 0.3) is 0 Å². The topological polar surface area (TPSA) is 66.0 Å². The molecule has 1 saturated heterocycles. The fourth-order valence-corrected chi connectivity index (χ4v) is 1.39. The van der Waals surface area contributed by atoms with Crippen LogP contribution in [0.4, 0.5) is 5.95 Å². The first-order valence-corrected chi connectivity index (χ1v) is 4.11. The summed E-state index contributed by atoms with van der Waals surface area (Å²) in [7, 11) is 0. The van der Waals surface area contributed by atoms with Gasteiger partial charge in [-0.15, -0.1) is 5.10 Å². The molecule has 2 N–H and O–H groups in total. The van der Waals surface area contributed by atoms with Gasteiger partial charge in [-0.1, -0.05) is 0 Å². The summed E-state index contributed by atoms with van der Waals surface area (Å²) >= 11 is 0. The number of aromatic nitrogens is 3. The molecule has 66 valence electrons. The predicted molar refractivity (Wildman–Crippen MR) is 43.4 cm³/mol. The van der Waals surface area contributed by atoms with E-state index >= 15 is 0 Å². The zero-order valence-corrected chi connectivity index (χ0v) is 6.81. The van der Waals surface area contributed by atoms with E-state index in [9.17, 15) is 0 Å². The van der Waals surface area contributed by atoms with E-state index in [0.717, 1.165) is 26.0 Å². The predicted octanol–water partition coefficient (Wildman–Crippen LogP) is 0.0393. The number of hydrogen-bond donors (Lipinski definition) is 1.